The Labute approximate surface area is 174 Å². The molecule has 3 aromatic heterocycles. The number of nitrogens with zero attached hydrogens (tertiary/aromatic N) is 7. The molecule has 146 valence electrons. The molecule has 1 aromatic carbocycles. The highest BCUT2D eigenvalue weighted by Crippen LogP contribution is 2.28. The maximum Gasteiger partial charge on any atom is 0.163 e. The van der Waals surface area contributed by atoms with Gasteiger partial charge in [0.05, 0.1) is 17.1 Å². The Morgan fingerprint density at radius 3 is 2.50 bits per heavy atom. The van der Waals surface area contributed by atoms with E-state index in [4.69, 9.17) is 15.2 Å². The van der Waals surface area contributed by atoms with Gasteiger partial charge in [-0.2, -0.15) is 5.26 Å². The molecule has 0 aliphatic carbocycles. The van der Waals surface area contributed by atoms with Crippen LogP contribution in [-0.4, -0.2) is 46.1 Å². The number of fused-ring (bicyclic) bond motifs is 1. The molecule has 7 heteroatoms. The highest BCUT2D eigenvalue weighted by molar-refractivity contribution is 5.91. The van der Waals surface area contributed by atoms with E-state index in [0.29, 0.717) is 11.4 Å². The molecule has 4 aromatic rings. The fourth-order valence-corrected chi connectivity index (χ4v) is 3.73. The zero-order chi connectivity index (χ0) is 20.3. The average molecular weight is 393 g/mol. The van der Waals surface area contributed by atoms with Gasteiger partial charge in [0.1, 0.15) is 11.6 Å². The van der Waals surface area contributed by atoms with Crippen LogP contribution in [0.25, 0.3) is 22.3 Å². The summed E-state index contributed by atoms with van der Waals surface area (Å²) in [5.74, 6) is 2.47. The van der Waals surface area contributed by atoms with Crippen molar-refractivity contribution in [2.24, 2.45) is 0 Å². The molecule has 1 aliphatic rings. The highest BCUT2D eigenvalue weighted by Gasteiger charge is 2.22. The van der Waals surface area contributed by atoms with E-state index in [-0.39, 0.29) is 0 Å². The quantitative estimate of drug-likeness (QED) is 0.528. The monoisotopic (exact) mass is 393 g/mol. The predicted octanol–water partition coefficient (Wildman–Crippen LogP) is 3.29. The molecule has 5 rings (SSSR count). The molecular formula is C23H19N7. The zero-order valence-corrected chi connectivity index (χ0v) is 16.3. The van der Waals surface area contributed by atoms with Crippen LogP contribution in [0.15, 0.2) is 67.1 Å². The van der Waals surface area contributed by atoms with Crippen molar-refractivity contribution in [3.8, 4) is 17.5 Å². The van der Waals surface area contributed by atoms with Crippen LogP contribution in [-0.2, 0) is 0 Å². The highest BCUT2D eigenvalue weighted by atomic mass is 15.3. The van der Waals surface area contributed by atoms with Crippen molar-refractivity contribution >= 4 is 22.5 Å². The summed E-state index contributed by atoms with van der Waals surface area (Å²) in [6, 6.07) is 17.7. The lowest BCUT2D eigenvalue weighted by Gasteiger charge is -2.36. The van der Waals surface area contributed by atoms with Crippen LogP contribution in [0.4, 0.5) is 11.6 Å². The van der Waals surface area contributed by atoms with E-state index in [2.05, 4.69) is 31.9 Å². The van der Waals surface area contributed by atoms with Crippen molar-refractivity contribution < 1.29 is 0 Å². The first-order chi connectivity index (χ1) is 14.8. The Bertz CT molecular complexity index is 1230. The van der Waals surface area contributed by atoms with Crippen LogP contribution in [0.2, 0.25) is 0 Å². The van der Waals surface area contributed by atoms with E-state index in [0.717, 1.165) is 54.3 Å². The van der Waals surface area contributed by atoms with Gasteiger partial charge in [-0.15, -0.1) is 0 Å². The van der Waals surface area contributed by atoms with Crippen LogP contribution in [0.5, 0.6) is 0 Å². The van der Waals surface area contributed by atoms with Crippen molar-refractivity contribution in [1.82, 2.24) is 19.9 Å². The summed E-state index contributed by atoms with van der Waals surface area (Å²) < 4.78 is 0. The van der Waals surface area contributed by atoms with E-state index in [1.54, 1.807) is 24.7 Å². The van der Waals surface area contributed by atoms with Crippen LogP contribution < -0.4 is 9.80 Å². The Hall–Kier alpha value is -4.05. The number of benzene rings is 1. The van der Waals surface area contributed by atoms with Crippen molar-refractivity contribution in [3.05, 3.63) is 72.7 Å². The van der Waals surface area contributed by atoms with E-state index in [1.165, 1.54) is 0 Å². The summed E-state index contributed by atoms with van der Waals surface area (Å²) in [6.07, 6.45) is 5.23. The summed E-state index contributed by atoms with van der Waals surface area (Å²) in [5.41, 5.74) is 2.46. The number of hydrogen-bond donors (Lipinski definition) is 0. The van der Waals surface area contributed by atoms with Gasteiger partial charge >= 0.3 is 0 Å². The van der Waals surface area contributed by atoms with Gasteiger partial charge in [0.15, 0.2) is 5.82 Å². The summed E-state index contributed by atoms with van der Waals surface area (Å²) in [4.78, 5) is 22.8. The molecule has 7 nitrogen and oxygen atoms in total. The first kappa shape index (κ1) is 18.0. The first-order valence-corrected chi connectivity index (χ1v) is 9.85. The number of aromatic nitrogens is 4. The molecule has 30 heavy (non-hydrogen) atoms. The number of para-hydroxylation sites is 1. The fraction of sp³-hybridized carbons (Fsp3) is 0.174. The lowest BCUT2D eigenvalue weighted by Crippen LogP contribution is -2.47. The summed E-state index contributed by atoms with van der Waals surface area (Å²) in [7, 11) is 0. The van der Waals surface area contributed by atoms with Crippen LogP contribution in [0, 0.1) is 11.3 Å². The number of anilines is 2. The summed E-state index contributed by atoms with van der Waals surface area (Å²) in [6.45, 7) is 3.24. The number of rotatable bonds is 3. The molecule has 0 N–H and O–H groups in total. The average Bonchev–Trinajstić information content (AvgIpc) is 2.84. The molecule has 0 atom stereocenters. The molecule has 0 amide bonds. The molecule has 4 heterocycles. The SMILES string of the molecule is N#Cc1ccnc(N2CCN(c3nc(-c4cccnc4)nc4ccccc34)CC2)c1. The second kappa shape index (κ2) is 7.76. The predicted molar refractivity (Wildman–Crippen MR) is 116 cm³/mol. The number of pyridine rings is 2. The normalized spacial score (nSPS) is 14.0. The van der Waals surface area contributed by atoms with Gasteiger partial charge in [0.2, 0.25) is 0 Å². The Balaban J connectivity index is 1.46. The second-order valence-corrected chi connectivity index (χ2v) is 7.12. The van der Waals surface area contributed by atoms with E-state index >= 15 is 0 Å². The Morgan fingerprint density at radius 1 is 0.867 bits per heavy atom. The van der Waals surface area contributed by atoms with Gasteiger partial charge in [-0.05, 0) is 36.4 Å². The van der Waals surface area contributed by atoms with Gasteiger partial charge in [-0.25, -0.2) is 15.0 Å². The minimum Gasteiger partial charge on any atom is -0.353 e. The van der Waals surface area contributed by atoms with Crippen LogP contribution >= 0.6 is 0 Å². The molecular weight excluding hydrogens is 374 g/mol. The topological polar surface area (TPSA) is 81.8 Å². The summed E-state index contributed by atoms with van der Waals surface area (Å²) in [5, 5.41) is 10.2. The molecule has 0 spiro atoms. The number of hydrogen-bond acceptors (Lipinski definition) is 7. The number of nitriles is 1. The van der Waals surface area contributed by atoms with Crippen molar-refractivity contribution in [3.63, 3.8) is 0 Å². The van der Waals surface area contributed by atoms with Gasteiger partial charge in [-0.3, -0.25) is 4.98 Å². The molecule has 1 fully saturated rings. The maximum atomic E-state index is 9.15. The smallest absolute Gasteiger partial charge is 0.163 e. The lowest BCUT2D eigenvalue weighted by atomic mass is 10.2. The van der Waals surface area contributed by atoms with Crippen molar-refractivity contribution in [2.75, 3.05) is 36.0 Å². The van der Waals surface area contributed by atoms with Crippen molar-refractivity contribution in [2.45, 2.75) is 0 Å². The largest absolute Gasteiger partial charge is 0.353 e. The lowest BCUT2D eigenvalue weighted by molar-refractivity contribution is 0.643. The van der Waals surface area contributed by atoms with Gasteiger partial charge in [0.25, 0.3) is 0 Å². The molecule has 0 saturated carbocycles. The molecule has 1 saturated heterocycles. The minimum atomic E-state index is 0.630. The maximum absolute atomic E-state index is 9.15. The Morgan fingerprint density at radius 2 is 1.70 bits per heavy atom. The van der Waals surface area contributed by atoms with Gasteiger partial charge in [-0.1, -0.05) is 12.1 Å². The molecule has 0 unspecified atom stereocenters. The second-order valence-electron chi connectivity index (χ2n) is 7.12. The van der Waals surface area contributed by atoms with E-state index < -0.39 is 0 Å². The van der Waals surface area contributed by atoms with E-state index in [1.807, 2.05) is 36.4 Å². The van der Waals surface area contributed by atoms with Gasteiger partial charge < -0.3 is 9.80 Å². The van der Waals surface area contributed by atoms with Crippen LogP contribution in [0.1, 0.15) is 5.56 Å². The molecule has 0 radical (unpaired) electrons. The number of piperazine rings is 1. The Kier molecular flexibility index (Phi) is 4.66. The zero-order valence-electron chi connectivity index (χ0n) is 16.3. The van der Waals surface area contributed by atoms with Gasteiger partial charge in [0, 0.05) is 55.7 Å². The van der Waals surface area contributed by atoms with E-state index in [9.17, 15) is 0 Å². The first-order valence-electron chi connectivity index (χ1n) is 9.85. The molecule has 0 bridgehead atoms. The minimum absolute atomic E-state index is 0.630. The fourth-order valence-electron chi connectivity index (χ4n) is 3.73. The standard InChI is InChI=1S/C23H19N7/c24-15-17-7-9-26-21(14-17)29-10-12-30(13-11-29)23-19-5-1-2-6-20(19)27-22(28-23)18-4-3-8-25-16-18/h1-9,14,16H,10-13H2. The summed E-state index contributed by atoms with van der Waals surface area (Å²) >= 11 is 0. The van der Waals surface area contributed by atoms with Crippen molar-refractivity contribution in [1.29, 1.82) is 5.26 Å². The molecule has 1 aliphatic heterocycles. The third-order valence-corrected chi connectivity index (χ3v) is 5.28. The third-order valence-electron chi connectivity index (χ3n) is 5.28. The third kappa shape index (κ3) is 3.40. The van der Waals surface area contributed by atoms with Crippen LogP contribution in [0.3, 0.4) is 0 Å².